The summed E-state index contributed by atoms with van der Waals surface area (Å²) in [6.07, 6.45) is -0.0456. The lowest BCUT2D eigenvalue weighted by Gasteiger charge is -2.15. The number of aliphatic hydroxyl groups is 2. The van der Waals surface area contributed by atoms with Crippen molar-refractivity contribution in [1.29, 1.82) is 0 Å². The van der Waals surface area contributed by atoms with Gasteiger partial charge < -0.3 is 19.7 Å². The molecule has 0 spiro atoms. The van der Waals surface area contributed by atoms with Crippen molar-refractivity contribution in [2.45, 2.75) is 25.4 Å². The fraction of sp³-hybridized carbons (Fsp3) is 0.583. The van der Waals surface area contributed by atoms with Gasteiger partial charge in [-0.2, -0.15) is 0 Å². The van der Waals surface area contributed by atoms with Gasteiger partial charge in [0.05, 0.1) is 26.1 Å². The molecule has 7 heteroatoms. The van der Waals surface area contributed by atoms with E-state index < -0.39 is 29.7 Å². The van der Waals surface area contributed by atoms with Crippen LogP contribution in [0.3, 0.4) is 0 Å². The number of rotatable bonds is 6. The Balaban J connectivity index is 2.27. The molecule has 2 atom stereocenters. The highest BCUT2D eigenvalue weighted by atomic mass is 16.5. The highest BCUT2D eigenvalue weighted by Crippen LogP contribution is 2.22. The number of ketones is 1. The summed E-state index contributed by atoms with van der Waals surface area (Å²) in [6, 6.07) is 0. The van der Waals surface area contributed by atoms with E-state index >= 15 is 0 Å². The zero-order valence-corrected chi connectivity index (χ0v) is 10.5. The Morgan fingerprint density at radius 1 is 1.42 bits per heavy atom. The second kappa shape index (κ2) is 6.89. The topological polar surface area (TPSA) is 110 Å². The number of carbonyl (C=O) groups excluding carboxylic acids is 3. The van der Waals surface area contributed by atoms with E-state index in [2.05, 4.69) is 4.74 Å². The van der Waals surface area contributed by atoms with Crippen LogP contribution < -0.4 is 0 Å². The Bertz CT molecular complexity index is 399. The highest BCUT2D eigenvalue weighted by Gasteiger charge is 2.29. The molecular weight excluding hydrogens is 256 g/mol. The van der Waals surface area contributed by atoms with Gasteiger partial charge in [-0.1, -0.05) is 0 Å². The number of methoxy groups -OCH3 is 1. The molecule has 2 unspecified atom stereocenters. The molecular formula is C12H16O7. The van der Waals surface area contributed by atoms with Crippen LogP contribution in [0.1, 0.15) is 19.3 Å². The van der Waals surface area contributed by atoms with Crippen LogP contribution in [0.2, 0.25) is 0 Å². The molecule has 0 saturated heterocycles. The van der Waals surface area contributed by atoms with E-state index in [1.165, 1.54) is 13.2 Å². The van der Waals surface area contributed by atoms with Crippen molar-refractivity contribution in [2.24, 2.45) is 5.92 Å². The molecule has 1 aliphatic rings. The van der Waals surface area contributed by atoms with Crippen molar-refractivity contribution in [3.8, 4) is 0 Å². The van der Waals surface area contributed by atoms with Gasteiger partial charge in [-0.25, -0.2) is 0 Å². The van der Waals surface area contributed by atoms with E-state index in [4.69, 9.17) is 9.84 Å². The minimum atomic E-state index is -1.06. The van der Waals surface area contributed by atoms with Gasteiger partial charge in [-0.3, -0.25) is 14.4 Å². The average Bonchev–Trinajstić information content (AvgIpc) is 2.73. The van der Waals surface area contributed by atoms with Crippen molar-refractivity contribution < 1.29 is 34.1 Å². The molecule has 0 radical (unpaired) electrons. The molecule has 106 valence electrons. The van der Waals surface area contributed by atoms with Crippen molar-refractivity contribution in [1.82, 2.24) is 0 Å². The SMILES string of the molecule is COC(=O)CCC(=O)OCC(O)C1C=C(O)C(=O)C1. The maximum absolute atomic E-state index is 11.2. The Hall–Kier alpha value is -1.89. The second-order valence-corrected chi connectivity index (χ2v) is 4.17. The monoisotopic (exact) mass is 272 g/mol. The van der Waals surface area contributed by atoms with Crippen molar-refractivity contribution in [2.75, 3.05) is 13.7 Å². The number of carbonyl (C=O) groups is 3. The Labute approximate surface area is 109 Å². The quantitative estimate of drug-likeness (QED) is 0.648. The summed E-state index contributed by atoms with van der Waals surface area (Å²) in [5, 5.41) is 18.8. The molecule has 0 heterocycles. The lowest BCUT2D eigenvalue weighted by atomic mass is 10.0. The van der Waals surface area contributed by atoms with Crippen LogP contribution in [0.4, 0.5) is 0 Å². The summed E-state index contributed by atoms with van der Waals surface area (Å²) in [6.45, 7) is -0.290. The van der Waals surface area contributed by atoms with Gasteiger partial charge in [0.2, 0.25) is 0 Å². The van der Waals surface area contributed by atoms with E-state index in [1.54, 1.807) is 0 Å². The predicted molar refractivity (Wildman–Crippen MR) is 62.0 cm³/mol. The molecule has 7 nitrogen and oxygen atoms in total. The molecule has 0 saturated carbocycles. The summed E-state index contributed by atoms with van der Waals surface area (Å²) in [5.41, 5.74) is 0. The third kappa shape index (κ3) is 4.70. The molecule has 19 heavy (non-hydrogen) atoms. The van der Waals surface area contributed by atoms with Gasteiger partial charge in [-0.15, -0.1) is 0 Å². The summed E-state index contributed by atoms with van der Waals surface area (Å²) in [7, 11) is 1.22. The van der Waals surface area contributed by atoms with Gasteiger partial charge in [0.1, 0.15) is 6.61 Å². The zero-order valence-electron chi connectivity index (χ0n) is 10.5. The molecule has 1 aliphatic carbocycles. The van der Waals surface area contributed by atoms with Gasteiger partial charge >= 0.3 is 11.9 Å². The lowest BCUT2D eigenvalue weighted by molar-refractivity contribution is -0.151. The summed E-state index contributed by atoms with van der Waals surface area (Å²) in [4.78, 5) is 33.1. The normalized spacial score (nSPS) is 19.8. The number of ether oxygens (including phenoxy) is 2. The molecule has 0 amide bonds. The van der Waals surface area contributed by atoms with Crippen LogP contribution in [-0.4, -0.2) is 47.8 Å². The van der Waals surface area contributed by atoms with Gasteiger partial charge in [0.15, 0.2) is 11.5 Å². The fourth-order valence-electron chi connectivity index (χ4n) is 1.60. The van der Waals surface area contributed by atoms with Crippen LogP contribution in [0, 0.1) is 5.92 Å². The van der Waals surface area contributed by atoms with E-state index in [-0.39, 0.29) is 31.6 Å². The summed E-state index contributed by atoms with van der Waals surface area (Å²) in [5.74, 6) is -2.53. The first kappa shape index (κ1) is 15.2. The highest BCUT2D eigenvalue weighted by molar-refractivity contribution is 5.95. The molecule has 0 aromatic rings. The molecule has 0 aromatic heterocycles. The maximum atomic E-state index is 11.2. The third-order valence-corrected chi connectivity index (χ3v) is 2.75. The van der Waals surface area contributed by atoms with E-state index in [0.717, 1.165) is 0 Å². The number of esters is 2. The summed E-state index contributed by atoms with van der Waals surface area (Å²) < 4.78 is 9.12. The van der Waals surface area contributed by atoms with Crippen LogP contribution in [0.5, 0.6) is 0 Å². The Kier molecular flexibility index (Phi) is 5.50. The first-order valence-electron chi connectivity index (χ1n) is 5.78. The van der Waals surface area contributed by atoms with E-state index in [1.807, 2.05) is 0 Å². The van der Waals surface area contributed by atoms with Crippen molar-refractivity contribution in [3.05, 3.63) is 11.8 Å². The number of aliphatic hydroxyl groups excluding tert-OH is 2. The minimum absolute atomic E-state index is 0.00723. The summed E-state index contributed by atoms with van der Waals surface area (Å²) >= 11 is 0. The zero-order chi connectivity index (χ0) is 14.4. The van der Waals surface area contributed by atoms with Crippen LogP contribution >= 0.6 is 0 Å². The Morgan fingerprint density at radius 2 is 2.05 bits per heavy atom. The fourth-order valence-corrected chi connectivity index (χ4v) is 1.60. The van der Waals surface area contributed by atoms with Crippen LogP contribution in [0.15, 0.2) is 11.8 Å². The smallest absolute Gasteiger partial charge is 0.306 e. The van der Waals surface area contributed by atoms with E-state index in [0.29, 0.717) is 0 Å². The predicted octanol–water partition coefficient (Wildman–Crippen LogP) is -0.125. The number of allylic oxidation sites excluding steroid dienone is 1. The van der Waals surface area contributed by atoms with Crippen molar-refractivity contribution in [3.63, 3.8) is 0 Å². The first-order chi connectivity index (χ1) is 8.93. The van der Waals surface area contributed by atoms with Gasteiger partial charge in [0, 0.05) is 12.3 Å². The molecule has 0 bridgehead atoms. The lowest BCUT2D eigenvalue weighted by Crippen LogP contribution is -2.25. The van der Waals surface area contributed by atoms with Crippen LogP contribution in [-0.2, 0) is 23.9 Å². The van der Waals surface area contributed by atoms with Gasteiger partial charge in [0.25, 0.3) is 0 Å². The minimum Gasteiger partial charge on any atom is -0.505 e. The first-order valence-corrected chi connectivity index (χ1v) is 5.78. The maximum Gasteiger partial charge on any atom is 0.306 e. The number of hydrogen-bond donors (Lipinski definition) is 2. The number of Topliss-reactive ketones (excluding diaryl/α,β-unsaturated/α-hetero) is 1. The molecule has 1 rings (SSSR count). The van der Waals surface area contributed by atoms with Crippen LogP contribution in [0.25, 0.3) is 0 Å². The second-order valence-electron chi connectivity index (χ2n) is 4.17. The molecule has 2 N–H and O–H groups in total. The third-order valence-electron chi connectivity index (χ3n) is 2.75. The number of hydrogen-bond acceptors (Lipinski definition) is 7. The standard InChI is InChI=1S/C12H16O7/c1-18-11(16)2-3-12(17)19-6-10(15)7-4-8(13)9(14)5-7/h4,7,10,13,15H,2-3,5-6H2,1H3. The average molecular weight is 272 g/mol. The van der Waals surface area contributed by atoms with E-state index in [9.17, 15) is 19.5 Å². The molecule has 0 aliphatic heterocycles. The molecule has 0 aromatic carbocycles. The largest absolute Gasteiger partial charge is 0.505 e. The Morgan fingerprint density at radius 3 is 2.58 bits per heavy atom. The van der Waals surface area contributed by atoms with Gasteiger partial charge in [-0.05, 0) is 6.08 Å². The molecule has 0 fully saturated rings. The van der Waals surface area contributed by atoms with Crippen molar-refractivity contribution >= 4 is 17.7 Å².